The first kappa shape index (κ1) is 15.4. The van der Waals surface area contributed by atoms with E-state index in [1.807, 2.05) is 0 Å². The first-order chi connectivity index (χ1) is 7.97. The first-order valence-electron chi connectivity index (χ1n) is 5.64. The molecule has 0 saturated heterocycles. The molecular weight excluding hydrogens is 222 g/mol. The Labute approximate surface area is 102 Å². The largest absolute Gasteiger partial charge is 0.359 e. The highest BCUT2D eigenvalue weighted by molar-refractivity contribution is 5.83. The standard InChI is InChI=1S/C11H21N3O3/c1-12-9(15)5-4-8-13-10(16)6-7-11(17)14(2)3/h4-8H2,1-3H3,(H,12,15)(H,13,16). The summed E-state index contributed by atoms with van der Waals surface area (Å²) in [5.41, 5.74) is 0. The third-order valence-electron chi connectivity index (χ3n) is 2.25. The van der Waals surface area contributed by atoms with Gasteiger partial charge < -0.3 is 15.5 Å². The lowest BCUT2D eigenvalue weighted by atomic mass is 10.2. The molecule has 0 saturated carbocycles. The lowest BCUT2D eigenvalue weighted by molar-refractivity contribution is -0.131. The molecule has 0 aliphatic heterocycles. The maximum atomic E-state index is 11.3. The monoisotopic (exact) mass is 243 g/mol. The quantitative estimate of drug-likeness (QED) is 0.592. The Kier molecular flexibility index (Phi) is 7.75. The van der Waals surface area contributed by atoms with Crippen LogP contribution in [0.1, 0.15) is 25.7 Å². The number of carbonyl (C=O) groups is 3. The van der Waals surface area contributed by atoms with Crippen molar-refractivity contribution in [1.29, 1.82) is 0 Å². The topological polar surface area (TPSA) is 78.5 Å². The van der Waals surface area contributed by atoms with Gasteiger partial charge in [0.05, 0.1) is 0 Å². The minimum Gasteiger partial charge on any atom is -0.359 e. The van der Waals surface area contributed by atoms with Crippen molar-refractivity contribution in [3.05, 3.63) is 0 Å². The summed E-state index contributed by atoms with van der Waals surface area (Å²) in [6.07, 6.45) is 1.41. The third kappa shape index (κ3) is 8.24. The van der Waals surface area contributed by atoms with Crippen LogP contribution >= 0.6 is 0 Å². The average Bonchev–Trinajstić information content (AvgIpc) is 2.30. The molecule has 0 aliphatic carbocycles. The van der Waals surface area contributed by atoms with Gasteiger partial charge in [-0.25, -0.2) is 0 Å². The zero-order chi connectivity index (χ0) is 13.3. The number of nitrogens with one attached hydrogen (secondary N) is 2. The summed E-state index contributed by atoms with van der Waals surface area (Å²) >= 11 is 0. The van der Waals surface area contributed by atoms with Gasteiger partial charge >= 0.3 is 0 Å². The van der Waals surface area contributed by atoms with E-state index in [-0.39, 0.29) is 30.6 Å². The van der Waals surface area contributed by atoms with Gasteiger partial charge in [-0.05, 0) is 6.42 Å². The van der Waals surface area contributed by atoms with Crippen LogP contribution in [0.25, 0.3) is 0 Å². The van der Waals surface area contributed by atoms with Crippen molar-refractivity contribution < 1.29 is 14.4 Å². The van der Waals surface area contributed by atoms with Gasteiger partial charge in [0.25, 0.3) is 0 Å². The molecule has 17 heavy (non-hydrogen) atoms. The molecule has 0 heterocycles. The van der Waals surface area contributed by atoms with Crippen molar-refractivity contribution >= 4 is 17.7 Å². The summed E-state index contributed by atoms with van der Waals surface area (Å²) in [4.78, 5) is 34.8. The van der Waals surface area contributed by atoms with Gasteiger partial charge in [-0.2, -0.15) is 0 Å². The van der Waals surface area contributed by atoms with Gasteiger partial charge in [-0.3, -0.25) is 14.4 Å². The lowest BCUT2D eigenvalue weighted by Crippen LogP contribution is -2.28. The van der Waals surface area contributed by atoms with Gasteiger partial charge in [-0.15, -0.1) is 0 Å². The van der Waals surface area contributed by atoms with E-state index in [2.05, 4.69) is 10.6 Å². The molecule has 0 fully saturated rings. The Morgan fingerprint density at radius 3 is 2.18 bits per heavy atom. The van der Waals surface area contributed by atoms with E-state index in [9.17, 15) is 14.4 Å². The van der Waals surface area contributed by atoms with Crippen molar-refractivity contribution in [2.24, 2.45) is 0 Å². The van der Waals surface area contributed by atoms with Crippen molar-refractivity contribution in [2.45, 2.75) is 25.7 Å². The molecule has 0 aromatic heterocycles. The molecule has 6 heteroatoms. The van der Waals surface area contributed by atoms with Crippen LogP contribution in [0.2, 0.25) is 0 Å². The van der Waals surface area contributed by atoms with E-state index in [1.165, 1.54) is 4.90 Å². The Balaban J connectivity index is 3.54. The minimum absolute atomic E-state index is 0.0398. The number of amides is 3. The number of carbonyl (C=O) groups excluding carboxylic acids is 3. The Morgan fingerprint density at radius 2 is 1.65 bits per heavy atom. The van der Waals surface area contributed by atoms with Gasteiger partial charge in [0.2, 0.25) is 17.7 Å². The highest BCUT2D eigenvalue weighted by atomic mass is 16.2. The van der Waals surface area contributed by atoms with Crippen LogP contribution in [0.4, 0.5) is 0 Å². The van der Waals surface area contributed by atoms with E-state index in [1.54, 1.807) is 21.1 Å². The highest BCUT2D eigenvalue weighted by Gasteiger charge is 2.07. The molecule has 0 radical (unpaired) electrons. The van der Waals surface area contributed by atoms with E-state index in [0.29, 0.717) is 19.4 Å². The Hall–Kier alpha value is -1.59. The second-order valence-corrected chi connectivity index (χ2v) is 3.91. The summed E-state index contributed by atoms with van der Waals surface area (Å²) in [5, 5.41) is 5.17. The molecule has 0 aromatic carbocycles. The van der Waals surface area contributed by atoms with E-state index >= 15 is 0 Å². The van der Waals surface area contributed by atoms with Crippen LogP contribution in [0.15, 0.2) is 0 Å². The molecule has 0 aromatic rings. The van der Waals surface area contributed by atoms with Crippen LogP contribution < -0.4 is 10.6 Å². The molecule has 0 aliphatic rings. The van der Waals surface area contributed by atoms with E-state index < -0.39 is 0 Å². The highest BCUT2D eigenvalue weighted by Crippen LogP contribution is 1.94. The van der Waals surface area contributed by atoms with E-state index in [0.717, 1.165) is 0 Å². The Bertz CT molecular complexity index is 277. The average molecular weight is 243 g/mol. The van der Waals surface area contributed by atoms with Crippen LogP contribution in [-0.4, -0.2) is 50.3 Å². The summed E-state index contributed by atoms with van der Waals surface area (Å²) in [7, 11) is 4.89. The Morgan fingerprint density at radius 1 is 1.00 bits per heavy atom. The minimum atomic E-state index is -0.155. The maximum absolute atomic E-state index is 11.3. The summed E-state index contributed by atoms with van der Waals surface area (Å²) in [6.45, 7) is 0.461. The summed E-state index contributed by atoms with van der Waals surface area (Å²) in [6, 6.07) is 0. The number of nitrogens with zero attached hydrogens (tertiary/aromatic N) is 1. The second-order valence-electron chi connectivity index (χ2n) is 3.91. The maximum Gasteiger partial charge on any atom is 0.222 e. The van der Waals surface area contributed by atoms with Gasteiger partial charge in [0.1, 0.15) is 0 Å². The van der Waals surface area contributed by atoms with Crippen molar-refractivity contribution in [3.8, 4) is 0 Å². The summed E-state index contributed by atoms with van der Waals surface area (Å²) in [5.74, 6) is -0.260. The lowest BCUT2D eigenvalue weighted by Gasteiger charge is -2.09. The molecule has 0 bridgehead atoms. The first-order valence-corrected chi connectivity index (χ1v) is 5.64. The van der Waals surface area contributed by atoms with Gasteiger partial charge in [0.15, 0.2) is 0 Å². The molecular formula is C11H21N3O3. The smallest absolute Gasteiger partial charge is 0.222 e. The zero-order valence-electron chi connectivity index (χ0n) is 10.7. The van der Waals surface area contributed by atoms with Crippen LogP contribution in [0.3, 0.4) is 0 Å². The van der Waals surface area contributed by atoms with Gasteiger partial charge in [0, 0.05) is 47.0 Å². The van der Waals surface area contributed by atoms with Crippen molar-refractivity contribution in [2.75, 3.05) is 27.7 Å². The molecule has 2 N–H and O–H groups in total. The number of rotatable bonds is 7. The molecule has 0 spiro atoms. The number of hydrogen-bond donors (Lipinski definition) is 2. The normalized spacial score (nSPS) is 9.59. The molecule has 6 nitrogen and oxygen atoms in total. The van der Waals surface area contributed by atoms with Crippen molar-refractivity contribution in [1.82, 2.24) is 15.5 Å². The molecule has 0 rings (SSSR count). The molecule has 0 unspecified atom stereocenters. The van der Waals surface area contributed by atoms with Gasteiger partial charge in [-0.1, -0.05) is 0 Å². The van der Waals surface area contributed by atoms with E-state index in [4.69, 9.17) is 0 Å². The van der Waals surface area contributed by atoms with Crippen LogP contribution in [-0.2, 0) is 14.4 Å². The third-order valence-corrected chi connectivity index (χ3v) is 2.25. The zero-order valence-corrected chi connectivity index (χ0v) is 10.7. The molecule has 3 amide bonds. The van der Waals surface area contributed by atoms with Crippen LogP contribution in [0, 0.1) is 0 Å². The van der Waals surface area contributed by atoms with Crippen LogP contribution in [0.5, 0.6) is 0 Å². The summed E-state index contributed by atoms with van der Waals surface area (Å²) < 4.78 is 0. The fourth-order valence-electron chi connectivity index (χ4n) is 1.13. The van der Waals surface area contributed by atoms with Crippen molar-refractivity contribution in [3.63, 3.8) is 0 Å². The SMILES string of the molecule is CNC(=O)CCCNC(=O)CCC(=O)N(C)C. The molecule has 98 valence electrons. The fourth-order valence-corrected chi connectivity index (χ4v) is 1.13. The molecule has 0 atom stereocenters. The number of hydrogen-bond acceptors (Lipinski definition) is 3. The predicted molar refractivity (Wildman–Crippen MR) is 64.2 cm³/mol. The predicted octanol–water partition coefficient (Wildman–Crippen LogP) is -0.503. The fraction of sp³-hybridized carbons (Fsp3) is 0.727. The second kappa shape index (κ2) is 8.55.